The number of nitrogens with one attached hydrogen (secondary N) is 2. The molecule has 2 N–H and O–H groups in total. The van der Waals surface area contributed by atoms with E-state index in [1.807, 2.05) is 60.6 Å². The van der Waals surface area contributed by atoms with Crippen molar-refractivity contribution in [1.29, 1.82) is 0 Å². The summed E-state index contributed by atoms with van der Waals surface area (Å²) in [6.07, 6.45) is 0. The second kappa shape index (κ2) is 5.88. The molecule has 0 spiro atoms. The van der Waals surface area contributed by atoms with Crippen LogP contribution in [0.1, 0.15) is 47.1 Å². The number of carbonyl (C=O) groups is 2. The molecule has 1 aromatic carbocycles. The molecule has 0 aromatic heterocycles. The highest BCUT2D eigenvalue weighted by Gasteiger charge is 2.23. The van der Waals surface area contributed by atoms with E-state index >= 15 is 0 Å². The molecule has 1 rings (SSSR count). The summed E-state index contributed by atoms with van der Waals surface area (Å²) in [5.74, 6) is -0.109. The van der Waals surface area contributed by atoms with Crippen LogP contribution in [0.2, 0.25) is 0 Å². The number of anilines is 2. The average Bonchev–Trinajstić information content (AvgIpc) is 2.25. The van der Waals surface area contributed by atoms with Gasteiger partial charge in [-0.3, -0.25) is 9.59 Å². The molecule has 0 aliphatic carbocycles. The maximum Gasteiger partial charge on any atom is 0.229 e. The van der Waals surface area contributed by atoms with Crippen molar-refractivity contribution >= 4 is 23.2 Å². The smallest absolute Gasteiger partial charge is 0.229 e. The van der Waals surface area contributed by atoms with Crippen molar-refractivity contribution in [2.24, 2.45) is 10.8 Å². The molecular weight excluding hydrogens is 264 g/mol. The fourth-order valence-electron chi connectivity index (χ4n) is 1.56. The van der Waals surface area contributed by atoms with Crippen molar-refractivity contribution < 1.29 is 9.59 Å². The van der Waals surface area contributed by atoms with Gasteiger partial charge in [0.25, 0.3) is 0 Å². The lowest BCUT2D eigenvalue weighted by Crippen LogP contribution is -2.28. The van der Waals surface area contributed by atoms with Gasteiger partial charge in [0.1, 0.15) is 0 Å². The zero-order valence-electron chi connectivity index (χ0n) is 14.0. The number of carbonyl (C=O) groups excluding carboxylic acids is 2. The highest BCUT2D eigenvalue weighted by atomic mass is 16.2. The standard InChI is InChI=1S/C17H26N2O2/c1-11-8-12(18-14(20)16(2,3)4)10-13(9-11)19-15(21)17(5,6)7/h8-10H,1-7H3,(H,18,20)(H,19,21). The van der Waals surface area contributed by atoms with Crippen LogP contribution in [0.25, 0.3) is 0 Å². The zero-order valence-corrected chi connectivity index (χ0v) is 14.0. The Labute approximate surface area is 127 Å². The first-order valence-corrected chi connectivity index (χ1v) is 7.14. The van der Waals surface area contributed by atoms with E-state index in [1.54, 1.807) is 6.07 Å². The molecule has 0 aliphatic rings. The van der Waals surface area contributed by atoms with Gasteiger partial charge in [-0.2, -0.15) is 0 Å². The van der Waals surface area contributed by atoms with Crippen molar-refractivity contribution in [3.05, 3.63) is 23.8 Å². The molecule has 1 aromatic rings. The van der Waals surface area contributed by atoms with E-state index in [0.29, 0.717) is 11.4 Å². The molecule has 0 radical (unpaired) electrons. The Morgan fingerprint density at radius 3 is 1.38 bits per heavy atom. The Balaban J connectivity index is 2.96. The first-order chi connectivity index (χ1) is 9.39. The van der Waals surface area contributed by atoms with Crippen LogP contribution in [-0.2, 0) is 9.59 Å². The van der Waals surface area contributed by atoms with E-state index in [4.69, 9.17) is 0 Å². The van der Waals surface area contributed by atoms with Gasteiger partial charge in [0.05, 0.1) is 0 Å². The lowest BCUT2D eigenvalue weighted by atomic mass is 9.95. The molecule has 0 bridgehead atoms. The molecular formula is C17H26N2O2. The third-order valence-corrected chi connectivity index (χ3v) is 2.96. The Morgan fingerprint density at radius 1 is 0.762 bits per heavy atom. The maximum atomic E-state index is 12.0. The van der Waals surface area contributed by atoms with Crippen LogP contribution in [0.3, 0.4) is 0 Å². The molecule has 4 nitrogen and oxygen atoms in total. The summed E-state index contributed by atoms with van der Waals surface area (Å²) in [5.41, 5.74) is 1.45. The van der Waals surface area contributed by atoms with E-state index in [2.05, 4.69) is 10.6 Å². The number of amides is 2. The summed E-state index contributed by atoms with van der Waals surface area (Å²) in [6, 6.07) is 5.55. The molecule has 4 heteroatoms. The third-order valence-electron chi connectivity index (χ3n) is 2.96. The summed E-state index contributed by atoms with van der Waals surface area (Å²) in [5, 5.41) is 5.77. The van der Waals surface area contributed by atoms with Crippen LogP contribution in [0, 0.1) is 17.8 Å². The highest BCUT2D eigenvalue weighted by molar-refractivity contribution is 5.97. The Kier molecular flexibility index (Phi) is 4.82. The number of hydrogen-bond donors (Lipinski definition) is 2. The normalized spacial score (nSPS) is 12.0. The van der Waals surface area contributed by atoms with Gasteiger partial charge in [0.2, 0.25) is 11.8 Å². The highest BCUT2D eigenvalue weighted by Crippen LogP contribution is 2.24. The van der Waals surface area contributed by atoms with Crippen LogP contribution >= 0.6 is 0 Å². The molecule has 0 unspecified atom stereocenters. The fraction of sp³-hybridized carbons (Fsp3) is 0.529. The molecule has 21 heavy (non-hydrogen) atoms. The lowest BCUT2D eigenvalue weighted by Gasteiger charge is -2.20. The molecule has 0 atom stereocenters. The maximum absolute atomic E-state index is 12.0. The Hall–Kier alpha value is -1.84. The molecule has 0 saturated heterocycles. The second-order valence-corrected chi connectivity index (χ2v) is 7.50. The predicted molar refractivity (Wildman–Crippen MR) is 87.3 cm³/mol. The Morgan fingerprint density at radius 2 is 1.10 bits per heavy atom. The van der Waals surface area contributed by atoms with Gasteiger partial charge in [0, 0.05) is 22.2 Å². The van der Waals surface area contributed by atoms with Crippen LogP contribution in [0.4, 0.5) is 11.4 Å². The summed E-state index contributed by atoms with van der Waals surface area (Å²) < 4.78 is 0. The molecule has 116 valence electrons. The van der Waals surface area contributed by atoms with Gasteiger partial charge >= 0.3 is 0 Å². The van der Waals surface area contributed by atoms with Crippen molar-refractivity contribution in [2.75, 3.05) is 10.6 Å². The van der Waals surface area contributed by atoms with Gasteiger partial charge < -0.3 is 10.6 Å². The summed E-state index contributed by atoms with van der Waals surface area (Å²) in [7, 11) is 0. The van der Waals surface area contributed by atoms with Crippen molar-refractivity contribution in [3.8, 4) is 0 Å². The Bertz CT molecular complexity index is 503. The SMILES string of the molecule is Cc1cc(NC(=O)C(C)(C)C)cc(NC(=O)C(C)(C)C)c1. The van der Waals surface area contributed by atoms with E-state index < -0.39 is 10.8 Å². The van der Waals surface area contributed by atoms with Crippen molar-refractivity contribution in [1.82, 2.24) is 0 Å². The zero-order chi connectivity index (χ0) is 16.4. The fourth-order valence-corrected chi connectivity index (χ4v) is 1.56. The molecule has 0 aliphatic heterocycles. The summed E-state index contributed by atoms with van der Waals surface area (Å²) in [4.78, 5) is 24.1. The number of rotatable bonds is 2. The minimum atomic E-state index is -0.460. The van der Waals surface area contributed by atoms with Crippen LogP contribution in [0.15, 0.2) is 18.2 Å². The minimum Gasteiger partial charge on any atom is -0.326 e. The van der Waals surface area contributed by atoms with Gasteiger partial charge in [-0.25, -0.2) is 0 Å². The summed E-state index contributed by atoms with van der Waals surface area (Å²) >= 11 is 0. The lowest BCUT2D eigenvalue weighted by molar-refractivity contribution is -0.123. The van der Waals surface area contributed by atoms with E-state index in [0.717, 1.165) is 5.56 Å². The van der Waals surface area contributed by atoms with Crippen molar-refractivity contribution in [3.63, 3.8) is 0 Å². The first kappa shape index (κ1) is 17.2. The number of aryl methyl sites for hydroxylation is 1. The quantitative estimate of drug-likeness (QED) is 0.866. The number of benzene rings is 1. The van der Waals surface area contributed by atoms with E-state index in [-0.39, 0.29) is 11.8 Å². The molecule has 0 heterocycles. The minimum absolute atomic E-state index is 0.0544. The topological polar surface area (TPSA) is 58.2 Å². The van der Waals surface area contributed by atoms with Gasteiger partial charge in [-0.05, 0) is 30.7 Å². The van der Waals surface area contributed by atoms with E-state index in [9.17, 15) is 9.59 Å². The van der Waals surface area contributed by atoms with Crippen molar-refractivity contribution in [2.45, 2.75) is 48.5 Å². The largest absolute Gasteiger partial charge is 0.326 e. The van der Waals surface area contributed by atoms with Gasteiger partial charge in [-0.15, -0.1) is 0 Å². The molecule has 0 fully saturated rings. The molecule has 2 amide bonds. The van der Waals surface area contributed by atoms with Gasteiger partial charge in [0.15, 0.2) is 0 Å². The summed E-state index contributed by atoms with van der Waals surface area (Å²) in [6.45, 7) is 13.1. The number of hydrogen-bond acceptors (Lipinski definition) is 2. The van der Waals surface area contributed by atoms with Crippen LogP contribution in [-0.4, -0.2) is 11.8 Å². The second-order valence-electron chi connectivity index (χ2n) is 7.50. The third kappa shape index (κ3) is 5.21. The predicted octanol–water partition coefficient (Wildman–Crippen LogP) is 3.96. The average molecular weight is 290 g/mol. The van der Waals surface area contributed by atoms with E-state index in [1.165, 1.54) is 0 Å². The van der Waals surface area contributed by atoms with Gasteiger partial charge in [-0.1, -0.05) is 41.5 Å². The van der Waals surface area contributed by atoms with Crippen LogP contribution in [0.5, 0.6) is 0 Å². The molecule has 0 saturated carbocycles. The first-order valence-electron chi connectivity index (χ1n) is 7.14. The monoisotopic (exact) mass is 290 g/mol. The van der Waals surface area contributed by atoms with Crippen LogP contribution < -0.4 is 10.6 Å².